The number of hydrogen-bond acceptors (Lipinski definition) is 4. The van der Waals surface area contributed by atoms with Crippen LogP contribution in [-0.4, -0.2) is 23.5 Å². The van der Waals surface area contributed by atoms with E-state index in [-0.39, 0.29) is 15.7 Å². The third-order valence-electron chi connectivity index (χ3n) is 2.77. The molecule has 0 unspecified atom stereocenters. The van der Waals surface area contributed by atoms with Crippen LogP contribution in [0.5, 0.6) is 0 Å². The zero-order valence-corrected chi connectivity index (χ0v) is 15.0. The summed E-state index contributed by atoms with van der Waals surface area (Å²) in [7, 11) is 0. The SMILES string of the molecule is Cc1ccc(NC(=O)COC(=O)c2cnc(Cl)c(Cl)c2)c(Br)c1. The van der Waals surface area contributed by atoms with Gasteiger partial charge in [-0.05, 0) is 46.6 Å². The molecule has 0 bridgehead atoms. The number of anilines is 1. The Balaban J connectivity index is 1.93. The highest BCUT2D eigenvalue weighted by Crippen LogP contribution is 2.23. The summed E-state index contributed by atoms with van der Waals surface area (Å²) in [5, 5.41) is 2.86. The normalized spacial score (nSPS) is 10.3. The van der Waals surface area contributed by atoms with Gasteiger partial charge >= 0.3 is 5.97 Å². The van der Waals surface area contributed by atoms with E-state index in [0.717, 1.165) is 10.0 Å². The van der Waals surface area contributed by atoms with Gasteiger partial charge in [0.2, 0.25) is 0 Å². The highest BCUT2D eigenvalue weighted by molar-refractivity contribution is 9.10. The molecule has 23 heavy (non-hydrogen) atoms. The largest absolute Gasteiger partial charge is 0.452 e. The minimum atomic E-state index is -0.714. The molecule has 1 heterocycles. The Kier molecular flexibility index (Phi) is 5.98. The second-order valence-electron chi connectivity index (χ2n) is 4.60. The molecule has 120 valence electrons. The standard InChI is InChI=1S/C15H11BrCl2N2O3/c1-8-2-3-12(10(16)4-8)20-13(21)7-23-15(22)9-5-11(17)14(18)19-6-9/h2-6H,7H2,1H3,(H,20,21). The molecule has 0 saturated heterocycles. The lowest BCUT2D eigenvalue weighted by Crippen LogP contribution is -2.21. The zero-order chi connectivity index (χ0) is 17.0. The number of esters is 1. The molecule has 0 spiro atoms. The van der Waals surface area contributed by atoms with Crippen LogP contribution < -0.4 is 5.32 Å². The van der Waals surface area contributed by atoms with E-state index in [1.807, 2.05) is 19.1 Å². The van der Waals surface area contributed by atoms with Crippen molar-refractivity contribution in [2.75, 3.05) is 11.9 Å². The van der Waals surface area contributed by atoms with E-state index >= 15 is 0 Å². The first-order valence-electron chi connectivity index (χ1n) is 6.41. The van der Waals surface area contributed by atoms with E-state index in [9.17, 15) is 9.59 Å². The fourth-order valence-electron chi connectivity index (χ4n) is 1.66. The van der Waals surface area contributed by atoms with Crippen LogP contribution in [0.15, 0.2) is 34.9 Å². The summed E-state index contributed by atoms with van der Waals surface area (Å²) in [6.45, 7) is 1.50. The van der Waals surface area contributed by atoms with E-state index in [1.165, 1.54) is 12.3 Å². The summed E-state index contributed by atoms with van der Waals surface area (Å²) in [4.78, 5) is 27.4. The molecule has 0 aliphatic rings. The lowest BCUT2D eigenvalue weighted by molar-refractivity contribution is -0.119. The topological polar surface area (TPSA) is 68.3 Å². The highest BCUT2D eigenvalue weighted by atomic mass is 79.9. The molecule has 0 aliphatic carbocycles. The Morgan fingerprint density at radius 2 is 2.04 bits per heavy atom. The second-order valence-corrected chi connectivity index (χ2v) is 6.22. The van der Waals surface area contributed by atoms with Gasteiger partial charge in [0, 0.05) is 10.7 Å². The number of ether oxygens (including phenoxy) is 1. The average Bonchev–Trinajstić information content (AvgIpc) is 2.50. The van der Waals surface area contributed by atoms with Crippen LogP contribution in [0.4, 0.5) is 5.69 Å². The van der Waals surface area contributed by atoms with Crippen LogP contribution in [0.25, 0.3) is 0 Å². The van der Waals surface area contributed by atoms with Crippen molar-refractivity contribution in [3.63, 3.8) is 0 Å². The van der Waals surface area contributed by atoms with Crippen LogP contribution >= 0.6 is 39.1 Å². The van der Waals surface area contributed by atoms with Crippen molar-refractivity contribution in [1.82, 2.24) is 4.98 Å². The van der Waals surface area contributed by atoms with Crippen molar-refractivity contribution in [1.29, 1.82) is 0 Å². The third-order valence-corrected chi connectivity index (χ3v) is 4.11. The van der Waals surface area contributed by atoms with Gasteiger partial charge in [0.25, 0.3) is 5.91 Å². The van der Waals surface area contributed by atoms with Crippen molar-refractivity contribution in [3.05, 3.63) is 56.2 Å². The zero-order valence-electron chi connectivity index (χ0n) is 11.9. The summed E-state index contributed by atoms with van der Waals surface area (Å²) in [6.07, 6.45) is 1.23. The van der Waals surface area contributed by atoms with Crippen LogP contribution in [0.1, 0.15) is 15.9 Å². The number of hydrogen-bond donors (Lipinski definition) is 1. The Hall–Kier alpha value is -1.63. The first kappa shape index (κ1) is 17.7. The number of nitrogens with one attached hydrogen (secondary N) is 1. The van der Waals surface area contributed by atoms with Crippen LogP contribution in [0.3, 0.4) is 0 Å². The highest BCUT2D eigenvalue weighted by Gasteiger charge is 2.13. The second kappa shape index (κ2) is 7.77. The molecule has 0 fully saturated rings. The molecule has 1 N–H and O–H groups in total. The smallest absolute Gasteiger partial charge is 0.340 e. The lowest BCUT2D eigenvalue weighted by atomic mass is 10.2. The summed E-state index contributed by atoms with van der Waals surface area (Å²) < 4.78 is 5.65. The van der Waals surface area contributed by atoms with Gasteiger partial charge in [-0.1, -0.05) is 29.3 Å². The van der Waals surface area contributed by atoms with Gasteiger partial charge < -0.3 is 10.1 Å². The Morgan fingerprint density at radius 3 is 2.70 bits per heavy atom. The Labute approximate surface area is 151 Å². The molecule has 2 aromatic rings. The van der Waals surface area contributed by atoms with Gasteiger partial charge in [-0.25, -0.2) is 9.78 Å². The van der Waals surface area contributed by atoms with Crippen molar-refractivity contribution < 1.29 is 14.3 Å². The van der Waals surface area contributed by atoms with Gasteiger partial charge in [0.15, 0.2) is 6.61 Å². The summed E-state index contributed by atoms with van der Waals surface area (Å²) >= 11 is 14.8. The van der Waals surface area contributed by atoms with Crippen molar-refractivity contribution >= 4 is 56.7 Å². The number of amides is 1. The van der Waals surface area contributed by atoms with Crippen LogP contribution in [-0.2, 0) is 9.53 Å². The van der Waals surface area contributed by atoms with Gasteiger partial charge in [0.1, 0.15) is 5.15 Å². The van der Waals surface area contributed by atoms with E-state index in [1.54, 1.807) is 6.07 Å². The molecular formula is C15H11BrCl2N2O3. The molecule has 1 amide bonds. The quantitative estimate of drug-likeness (QED) is 0.596. The molecule has 0 saturated carbocycles. The third kappa shape index (κ3) is 4.92. The van der Waals surface area contributed by atoms with Gasteiger partial charge in [0.05, 0.1) is 16.3 Å². The monoisotopic (exact) mass is 416 g/mol. The molecule has 0 aliphatic heterocycles. The maximum atomic E-state index is 11.8. The predicted octanol–water partition coefficient (Wildman–Crippen LogP) is 4.25. The van der Waals surface area contributed by atoms with Crippen molar-refractivity contribution in [2.24, 2.45) is 0 Å². The fraction of sp³-hybridized carbons (Fsp3) is 0.133. The number of aryl methyl sites for hydroxylation is 1. The van der Waals surface area contributed by atoms with Crippen LogP contribution in [0, 0.1) is 6.92 Å². The number of carbonyl (C=O) groups is 2. The van der Waals surface area contributed by atoms with E-state index < -0.39 is 18.5 Å². The van der Waals surface area contributed by atoms with Crippen LogP contribution in [0.2, 0.25) is 10.2 Å². The molecular weight excluding hydrogens is 407 g/mol. The minimum absolute atomic E-state index is 0.0881. The number of pyridine rings is 1. The molecule has 1 aromatic heterocycles. The first-order valence-corrected chi connectivity index (χ1v) is 7.96. The molecule has 1 aromatic carbocycles. The number of halogens is 3. The lowest BCUT2D eigenvalue weighted by Gasteiger charge is -2.09. The molecule has 0 radical (unpaired) electrons. The minimum Gasteiger partial charge on any atom is -0.452 e. The Morgan fingerprint density at radius 1 is 1.30 bits per heavy atom. The predicted molar refractivity (Wildman–Crippen MR) is 92.0 cm³/mol. The summed E-state index contributed by atoms with van der Waals surface area (Å²) in [6, 6.07) is 6.80. The fourth-order valence-corrected chi connectivity index (χ4v) is 2.52. The van der Waals surface area contributed by atoms with E-state index in [2.05, 4.69) is 26.2 Å². The molecule has 8 heteroatoms. The maximum absolute atomic E-state index is 11.8. The van der Waals surface area contributed by atoms with Gasteiger partial charge in [-0.3, -0.25) is 4.79 Å². The van der Waals surface area contributed by atoms with Crippen molar-refractivity contribution in [3.8, 4) is 0 Å². The number of nitrogens with zero attached hydrogens (tertiary/aromatic N) is 1. The summed E-state index contributed by atoms with van der Waals surface area (Å²) in [5.74, 6) is -1.18. The Bertz CT molecular complexity index is 768. The molecule has 5 nitrogen and oxygen atoms in total. The van der Waals surface area contributed by atoms with Crippen molar-refractivity contribution in [2.45, 2.75) is 6.92 Å². The molecule has 2 rings (SSSR count). The first-order chi connectivity index (χ1) is 10.9. The van der Waals surface area contributed by atoms with Gasteiger partial charge in [-0.15, -0.1) is 0 Å². The van der Waals surface area contributed by atoms with E-state index in [0.29, 0.717) is 5.69 Å². The van der Waals surface area contributed by atoms with E-state index in [4.69, 9.17) is 27.9 Å². The average molecular weight is 418 g/mol. The number of benzene rings is 1. The summed E-state index contributed by atoms with van der Waals surface area (Å²) in [5.41, 5.74) is 1.75. The molecule has 0 atom stereocenters. The number of aromatic nitrogens is 1. The number of carbonyl (C=O) groups excluding carboxylic acids is 2. The van der Waals surface area contributed by atoms with Gasteiger partial charge in [-0.2, -0.15) is 0 Å². The maximum Gasteiger partial charge on any atom is 0.340 e. The number of rotatable bonds is 4.